The number of aliphatic hydroxyl groups excluding tert-OH is 1. The Morgan fingerprint density at radius 3 is 2.61 bits per heavy atom. The fourth-order valence-corrected chi connectivity index (χ4v) is 2.04. The van der Waals surface area contributed by atoms with Crippen molar-refractivity contribution < 1.29 is 24.2 Å². The molecule has 118 valence electrons. The van der Waals surface area contributed by atoms with Crippen LogP contribution in [-0.2, 0) is 14.3 Å². The molecule has 2 rings (SSSR count). The Hall–Kier alpha value is -3.20. The lowest BCUT2D eigenvalue weighted by molar-refractivity contribution is -0.131. The lowest BCUT2D eigenvalue weighted by atomic mass is 10.0. The number of cyclic esters (lactones) is 1. The summed E-state index contributed by atoms with van der Waals surface area (Å²) in [6.07, 6.45) is 5.07. The average molecular weight is 313 g/mol. The number of terminal acetylenes is 1. The second-order valence-electron chi connectivity index (χ2n) is 4.68. The van der Waals surface area contributed by atoms with Crippen molar-refractivity contribution in [2.45, 2.75) is 6.92 Å². The van der Waals surface area contributed by atoms with Gasteiger partial charge in [-0.2, -0.15) is 0 Å². The van der Waals surface area contributed by atoms with E-state index in [-0.39, 0.29) is 29.2 Å². The number of methoxy groups -OCH3 is 1. The molecule has 6 nitrogen and oxygen atoms in total. The lowest BCUT2D eigenvalue weighted by Crippen LogP contribution is -2.25. The number of rotatable bonds is 4. The van der Waals surface area contributed by atoms with Crippen LogP contribution in [0.4, 0.5) is 0 Å². The van der Waals surface area contributed by atoms with Gasteiger partial charge in [-0.15, -0.1) is 6.42 Å². The minimum atomic E-state index is -0.730. The highest BCUT2D eigenvalue weighted by molar-refractivity contribution is 6.21. The first-order valence-corrected chi connectivity index (χ1v) is 6.72. The van der Waals surface area contributed by atoms with Crippen LogP contribution in [0.2, 0.25) is 0 Å². The second kappa shape index (κ2) is 6.71. The molecule has 0 fully saturated rings. The number of ether oxygens (including phenoxy) is 2. The predicted octanol–water partition coefficient (Wildman–Crippen LogP) is 1.54. The van der Waals surface area contributed by atoms with Crippen LogP contribution in [0, 0.1) is 12.3 Å². The number of hydrogen-bond acceptors (Lipinski definition) is 5. The third-order valence-electron chi connectivity index (χ3n) is 3.26. The lowest BCUT2D eigenvalue weighted by Gasteiger charge is -2.05. The number of aliphatic hydroxyl groups is 1. The van der Waals surface area contributed by atoms with E-state index in [0.717, 1.165) is 0 Å². The summed E-state index contributed by atoms with van der Waals surface area (Å²) in [4.78, 5) is 23.9. The molecule has 0 bridgehead atoms. The Labute approximate surface area is 133 Å². The molecule has 2 N–H and O–H groups in total. The van der Waals surface area contributed by atoms with Crippen molar-refractivity contribution in [2.75, 3.05) is 13.7 Å². The molecule has 1 aromatic carbocycles. The molecule has 0 aliphatic carbocycles. The minimum absolute atomic E-state index is 0.00764. The van der Waals surface area contributed by atoms with E-state index < -0.39 is 11.9 Å². The smallest absolute Gasteiger partial charge is 0.348 e. The maximum Gasteiger partial charge on any atom is 0.348 e. The molecule has 1 aromatic rings. The Bertz CT molecular complexity index is 750. The first-order valence-electron chi connectivity index (χ1n) is 6.72. The van der Waals surface area contributed by atoms with Crippen molar-refractivity contribution >= 4 is 17.4 Å². The van der Waals surface area contributed by atoms with Gasteiger partial charge in [0.2, 0.25) is 0 Å². The van der Waals surface area contributed by atoms with E-state index in [1.54, 1.807) is 24.3 Å². The standard InChI is InChI=1S/C17H15NO5/c1-4-9-18-16(20)10(2)15-14(19)13(17(21)23-15)11-5-7-12(22-3)8-6-11/h1,5-8,19H,9H2,2-3H3,(H,18,20)/b15-10+. The summed E-state index contributed by atoms with van der Waals surface area (Å²) in [6, 6.07) is 6.53. The van der Waals surface area contributed by atoms with E-state index in [1.165, 1.54) is 14.0 Å². The fraction of sp³-hybridized carbons (Fsp3) is 0.176. The SMILES string of the molecule is C#CCNC(=O)/C(C)=C1/OC(=O)C(c2ccc(OC)cc2)=C1O. The fourth-order valence-electron chi connectivity index (χ4n) is 2.04. The van der Waals surface area contributed by atoms with Gasteiger partial charge in [-0.3, -0.25) is 4.79 Å². The maximum atomic E-state index is 12.0. The average Bonchev–Trinajstić information content (AvgIpc) is 2.86. The number of hydrogen-bond donors (Lipinski definition) is 2. The Morgan fingerprint density at radius 2 is 2.04 bits per heavy atom. The largest absolute Gasteiger partial charge is 0.504 e. The van der Waals surface area contributed by atoms with Gasteiger partial charge < -0.3 is 19.9 Å². The molecule has 0 aromatic heterocycles. The third kappa shape index (κ3) is 3.19. The number of nitrogens with one attached hydrogen (secondary N) is 1. The van der Waals surface area contributed by atoms with E-state index in [2.05, 4.69) is 11.2 Å². The van der Waals surface area contributed by atoms with Crippen molar-refractivity contribution in [3.63, 3.8) is 0 Å². The van der Waals surface area contributed by atoms with Crippen LogP contribution >= 0.6 is 0 Å². The molecule has 23 heavy (non-hydrogen) atoms. The Morgan fingerprint density at radius 1 is 1.39 bits per heavy atom. The quantitative estimate of drug-likeness (QED) is 0.500. The number of amides is 1. The third-order valence-corrected chi connectivity index (χ3v) is 3.26. The van der Waals surface area contributed by atoms with Crippen molar-refractivity contribution in [1.29, 1.82) is 0 Å². The summed E-state index contributed by atoms with van der Waals surface area (Å²) in [5.74, 6) is 1.07. The van der Waals surface area contributed by atoms with Crippen molar-refractivity contribution in [2.24, 2.45) is 0 Å². The summed E-state index contributed by atoms with van der Waals surface area (Å²) < 4.78 is 10.1. The van der Waals surface area contributed by atoms with Gasteiger partial charge in [-0.1, -0.05) is 18.1 Å². The molecule has 0 radical (unpaired) electrons. The van der Waals surface area contributed by atoms with Gasteiger partial charge in [0, 0.05) is 0 Å². The highest BCUT2D eigenvalue weighted by atomic mass is 16.6. The maximum absolute atomic E-state index is 12.0. The molecule has 0 atom stereocenters. The van der Waals surface area contributed by atoms with E-state index in [9.17, 15) is 14.7 Å². The number of carbonyl (C=O) groups excluding carboxylic acids is 2. The van der Waals surface area contributed by atoms with Gasteiger partial charge in [0.05, 0.1) is 19.2 Å². The molecule has 1 aliphatic heterocycles. The summed E-state index contributed by atoms with van der Waals surface area (Å²) in [5, 5.41) is 12.7. The van der Waals surface area contributed by atoms with Crippen LogP contribution in [0.15, 0.2) is 41.4 Å². The summed E-state index contributed by atoms with van der Waals surface area (Å²) in [6.45, 7) is 1.47. The molecule has 0 saturated heterocycles. The van der Waals surface area contributed by atoms with Crippen LogP contribution in [-0.4, -0.2) is 30.6 Å². The molecule has 0 unspecified atom stereocenters. The molecule has 0 saturated carbocycles. The van der Waals surface area contributed by atoms with Gasteiger partial charge in [0.1, 0.15) is 11.3 Å². The normalized spacial score (nSPS) is 15.8. The zero-order valence-corrected chi connectivity index (χ0v) is 12.7. The minimum Gasteiger partial charge on any atom is -0.504 e. The van der Waals surface area contributed by atoms with Gasteiger partial charge in [-0.05, 0) is 24.6 Å². The van der Waals surface area contributed by atoms with Gasteiger partial charge >= 0.3 is 5.97 Å². The predicted molar refractivity (Wildman–Crippen MR) is 83.2 cm³/mol. The number of benzene rings is 1. The molecular formula is C17H15NO5. The van der Waals surface area contributed by atoms with Gasteiger partial charge in [0.15, 0.2) is 11.5 Å². The summed E-state index contributed by atoms with van der Waals surface area (Å²) in [5.41, 5.74) is 0.515. The molecule has 1 amide bonds. The Kier molecular flexibility index (Phi) is 4.72. The molecule has 6 heteroatoms. The molecular weight excluding hydrogens is 298 g/mol. The van der Waals surface area contributed by atoms with Crippen LogP contribution in [0.3, 0.4) is 0 Å². The van der Waals surface area contributed by atoms with Crippen LogP contribution < -0.4 is 10.1 Å². The topological polar surface area (TPSA) is 84.9 Å². The first kappa shape index (κ1) is 16.2. The van der Waals surface area contributed by atoms with Gasteiger partial charge in [-0.25, -0.2) is 4.79 Å². The van der Waals surface area contributed by atoms with Crippen LogP contribution in [0.1, 0.15) is 12.5 Å². The number of esters is 1. The van der Waals surface area contributed by atoms with E-state index in [1.807, 2.05) is 0 Å². The summed E-state index contributed by atoms with van der Waals surface area (Å²) >= 11 is 0. The van der Waals surface area contributed by atoms with Crippen LogP contribution in [0.5, 0.6) is 5.75 Å². The van der Waals surface area contributed by atoms with Crippen molar-refractivity contribution in [3.8, 4) is 18.1 Å². The van der Waals surface area contributed by atoms with E-state index in [0.29, 0.717) is 11.3 Å². The molecule has 1 aliphatic rings. The van der Waals surface area contributed by atoms with Crippen LogP contribution in [0.25, 0.3) is 5.57 Å². The highest BCUT2D eigenvalue weighted by Gasteiger charge is 2.33. The zero-order chi connectivity index (χ0) is 17.0. The first-order chi connectivity index (χ1) is 11.0. The summed E-state index contributed by atoms with van der Waals surface area (Å²) in [7, 11) is 1.52. The van der Waals surface area contributed by atoms with Crippen molar-refractivity contribution in [3.05, 3.63) is 46.9 Å². The van der Waals surface area contributed by atoms with E-state index in [4.69, 9.17) is 15.9 Å². The molecule has 0 spiro atoms. The van der Waals surface area contributed by atoms with E-state index >= 15 is 0 Å². The zero-order valence-electron chi connectivity index (χ0n) is 12.7. The monoisotopic (exact) mass is 313 g/mol. The Balaban J connectivity index is 2.40. The molecule has 1 heterocycles. The number of carbonyl (C=O) groups is 2. The van der Waals surface area contributed by atoms with Gasteiger partial charge in [0.25, 0.3) is 5.91 Å². The van der Waals surface area contributed by atoms with Crippen molar-refractivity contribution in [1.82, 2.24) is 5.32 Å². The second-order valence-corrected chi connectivity index (χ2v) is 4.68. The highest BCUT2D eigenvalue weighted by Crippen LogP contribution is 2.33.